The Bertz CT molecular complexity index is 380. The fourth-order valence-corrected chi connectivity index (χ4v) is 7.47. The smallest absolute Gasteiger partial charge is 0.164 e. The highest BCUT2D eigenvalue weighted by Gasteiger charge is 2.50. The lowest BCUT2D eigenvalue weighted by molar-refractivity contribution is 0.0233. The van der Waals surface area contributed by atoms with Gasteiger partial charge in [-0.25, -0.2) is 4.39 Å². The lowest BCUT2D eigenvalue weighted by atomic mass is 9.64. The Hall–Kier alpha value is 0.660. The fourth-order valence-electron chi connectivity index (χ4n) is 5.83. The van der Waals surface area contributed by atoms with Gasteiger partial charge in [0.1, 0.15) is 0 Å². The van der Waals surface area contributed by atoms with Gasteiger partial charge in [0.05, 0.1) is 0 Å². The second kappa shape index (κ2) is 9.04. The van der Waals surface area contributed by atoms with Gasteiger partial charge in [-0.05, 0) is 83.8 Å². The van der Waals surface area contributed by atoms with Gasteiger partial charge in [0.2, 0.25) is 0 Å². The minimum absolute atomic E-state index is 0.250. The number of rotatable bonds is 7. The number of hydrogen-bond donors (Lipinski definition) is 0. The summed E-state index contributed by atoms with van der Waals surface area (Å²) in [6, 6.07) is 0. The summed E-state index contributed by atoms with van der Waals surface area (Å²) in [6.07, 6.45) is 11.0. The first-order valence-electron chi connectivity index (χ1n) is 10.7. The molecular weight excluding hydrogens is 410 g/mol. The lowest BCUT2D eigenvalue weighted by Gasteiger charge is -2.45. The highest BCUT2D eigenvalue weighted by molar-refractivity contribution is 14.1. The molecule has 8 unspecified atom stereocenters. The highest BCUT2D eigenvalue weighted by Crippen LogP contribution is 2.55. The van der Waals surface area contributed by atoms with Gasteiger partial charge in [-0.2, -0.15) is 0 Å². The van der Waals surface area contributed by atoms with Crippen LogP contribution in [0.5, 0.6) is 0 Å². The van der Waals surface area contributed by atoms with Crippen molar-refractivity contribution in [3.8, 4) is 0 Å². The van der Waals surface area contributed by atoms with Crippen LogP contribution in [0.3, 0.4) is 0 Å². The summed E-state index contributed by atoms with van der Waals surface area (Å²) >= 11 is 2.23. The van der Waals surface area contributed by atoms with Crippen LogP contribution >= 0.6 is 22.6 Å². The Labute approximate surface area is 164 Å². The van der Waals surface area contributed by atoms with Crippen LogP contribution in [0.2, 0.25) is 0 Å². The summed E-state index contributed by atoms with van der Waals surface area (Å²) in [5.41, 5.74) is 0. The molecule has 2 saturated carbocycles. The normalized spacial score (nSPS) is 42.9. The summed E-state index contributed by atoms with van der Waals surface area (Å²) in [6.45, 7) is 11.6. The van der Waals surface area contributed by atoms with Crippen LogP contribution in [-0.4, -0.2) is 3.68 Å². The first kappa shape index (κ1) is 21.0. The van der Waals surface area contributed by atoms with Gasteiger partial charge in [0.25, 0.3) is 0 Å². The third-order valence-electron chi connectivity index (χ3n) is 7.32. The van der Waals surface area contributed by atoms with E-state index in [1.54, 1.807) is 0 Å². The van der Waals surface area contributed by atoms with E-state index in [9.17, 15) is 0 Å². The topological polar surface area (TPSA) is 0 Å². The molecule has 0 heterocycles. The molecule has 142 valence electrons. The summed E-state index contributed by atoms with van der Waals surface area (Å²) in [5, 5.41) is 0. The molecule has 0 aromatic rings. The minimum Gasteiger partial charge on any atom is -0.232 e. The quantitative estimate of drug-likeness (QED) is 0.272. The SMILES string of the molecule is CCCC1CCC(CC)C(CC)C(C(F)(I)CC2CC2C)C(C)C1. The van der Waals surface area contributed by atoms with Gasteiger partial charge < -0.3 is 0 Å². The van der Waals surface area contributed by atoms with E-state index in [2.05, 4.69) is 57.2 Å². The maximum absolute atomic E-state index is 16.1. The monoisotopic (exact) mass is 450 g/mol. The predicted molar refractivity (Wildman–Crippen MR) is 112 cm³/mol. The maximum Gasteiger partial charge on any atom is 0.164 e. The minimum atomic E-state index is -1.01. The third kappa shape index (κ3) is 5.10. The zero-order valence-electron chi connectivity index (χ0n) is 16.7. The molecule has 24 heavy (non-hydrogen) atoms. The molecule has 0 bridgehead atoms. The van der Waals surface area contributed by atoms with Crippen molar-refractivity contribution >= 4 is 22.6 Å². The summed E-state index contributed by atoms with van der Waals surface area (Å²) in [5.74, 6) is 4.30. The van der Waals surface area contributed by atoms with Crippen molar-refractivity contribution in [3.05, 3.63) is 0 Å². The Kier molecular flexibility index (Phi) is 7.90. The van der Waals surface area contributed by atoms with Crippen LogP contribution in [0.25, 0.3) is 0 Å². The molecule has 0 N–H and O–H groups in total. The van der Waals surface area contributed by atoms with E-state index < -0.39 is 3.68 Å². The lowest BCUT2D eigenvalue weighted by Crippen LogP contribution is -2.42. The maximum atomic E-state index is 16.1. The van der Waals surface area contributed by atoms with Gasteiger partial charge >= 0.3 is 0 Å². The first-order valence-corrected chi connectivity index (χ1v) is 11.8. The van der Waals surface area contributed by atoms with Crippen molar-refractivity contribution in [1.29, 1.82) is 0 Å². The molecule has 8 atom stereocenters. The molecule has 0 amide bonds. The molecular formula is C22H40FI. The van der Waals surface area contributed by atoms with E-state index in [4.69, 9.17) is 0 Å². The highest BCUT2D eigenvalue weighted by atomic mass is 127. The Morgan fingerprint density at radius 3 is 2.12 bits per heavy atom. The molecule has 2 rings (SSSR count). The molecule has 2 fully saturated rings. The predicted octanol–water partition coefficient (Wildman–Crippen LogP) is 8.04. The molecule has 0 nitrogen and oxygen atoms in total. The van der Waals surface area contributed by atoms with E-state index in [0.29, 0.717) is 17.8 Å². The van der Waals surface area contributed by atoms with Gasteiger partial charge in [-0.1, -0.05) is 66.7 Å². The van der Waals surface area contributed by atoms with E-state index in [1.165, 1.54) is 44.9 Å². The summed E-state index contributed by atoms with van der Waals surface area (Å²) < 4.78 is 15.0. The van der Waals surface area contributed by atoms with Crippen LogP contribution < -0.4 is 0 Å². The zero-order chi connectivity index (χ0) is 17.9. The molecule has 2 aliphatic rings. The van der Waals surface area contributed by atoms with Crippen molar-refractivity contribution in [1.82, 2.24) is 0 Å². The van der Waals surface area contributed by atoms with Gasteiger partial charge in [0.15, 0.2) is 3.68 Å². The van der Waals surface area contributed by atoms with Crippen LogP contribution in [0.4, 0.5) is 4.39 Å². The third-order valence-corrected chi connectivity index (χ3v) is 8.48. The molecule has 0 aliphatic heterocycles. The summed E-state index contributed by atoms with van der Waals surface area (Å²) in [4.78, 5) is 0. The van der Waals surface area contributed by atoms with Crippen molar-refractivity contribution < 1.29 is 4.39 Å². The molecule has 0 radical (unpaired) electrons. The van der Waals surface area contributed by atoms with Crippen molar-refractivity contribution in [2.24, 2.45) is 41.4 Å². The molecule has 0 saturated heterocycles. The van der Waals surface area contributed by atoms with Crippen LogP contribution in [0.1, 0.15) is 92.4 Å². The average Bonchev–Trinajstić information content (AvgIpc) is 3.18. The number of alkyl halides is 2. The average molecular weight is 450 g/mol. The Morgan fingerprint density at radius 2 is 1.62 bits per heavy atom. The summed E-state index contributed by atoms with van der Waals surface area (Å²) in [7, 11) is 0. The number of halogens is 2. The van der Waals surface area contributed by atoms with Crippen LogP contribution in [0, 0.1) is 41.4 Å². The van der Waals surface area contributed by atoms with E-state index in [0.717, 1.165) is 30.6 Å². The van der Waals surface area contributed by atoms with Crippen molar-refractivity contribution in [3.63, 3.8) is 0 Å². The second-order valence-corrected chi connectivity index (χ2v) is 10.9. The van der Waals surface area contributed by atoms with E-state index in [-0.39, 0.29) is 5.92 Å². The Morgan fingerprint density at radius 1 is 0.958 bits per heavy atom. The van der Waals surface area contributed by atoms with Crippen molar-refractivity contribution in [2.75, 3.05) is 0 Å². The van der Waals surface area contributed by atoms with Gasteiger partial charge in [-0.3, -0.25) is 0 Å². The van der Waals surface area contributed by atoms with E-state index >= 15 is 4.39 Å². The zero-order valence-corrected chi connectivity index (χ0v) is 18.8. The Balaban J connectivity index is 2.22. The van der Waals surface area contributed by atoms with Crippen molar-refractivity contribution in [2.45, 2.75) is 96.1 Å². The van der Waals surface area contributed by atoms with Crippen LogP contribution in [-0.2, 0) is 0 Å². The fraction of sp³-hybridized carbons (Fsp3) is 1.00. The molecule has 2 heteroatoms. The van der Waals surface area contributed by atoms with E-state index in [1.807, 2.05) is 0 Å². The largest absolute Gasteiger partial charge is 0.232 e. The standard InChI is InChI=1S/C22H40FI/c1-6-9-17-10-11-18(7-2)20(8-3)21(16(5)12-17)22(23,24)14-19-13-15(19)4/h15-21H,6-14H2,1-5H3. The molecule has 0 aromatic carbocycles. The van der Waals surface area contributed by atoms with Gasteiger partial charge in [0, 0.05) is 5.92 Å². The second-order valence-electron chi connectivity index (χ2n) is 9.15. The molecule has 0 aromatic heterocycles. The number of hydrogen-bond acceptors (Lipinski definition) is 0. The van der Waals surface area contributed by atoms with Crippen LogP contribution in [0.15, 0.2) is 0 Å². The van der Waals surface area contributed by atoms with Gasteiger partial charge in [-0.15, -0.1) is 0 Å². The first-order chi connectivity index (χ1) is 11.3. The molecule has 0 spiro atoms. The molecule has 2 aliphatic carbocycles.